The van der Waals surface area contributed by atoms with Crippen LogP contribution in [0.15, 0.2) is 25.7 Å². The van der Waals surface area contributed by atoms with Crippen molar-refractivity contribution in [1.82, 2.24) is 10.5 Å². The minimum Gasteiger partial charge on any atom is -0.453 e. The van der Waals surface area contributed by atoms with Gasteiger partial charge in [-0.2, -0.15) is 0 Å². The third-order valence-electron chi connectivity index (χ3n) is 3.33. The lowest BCUT2D eigenvalue weighted by molar-refractivity contribution is 0.389. The number of aromatic nitrogens is 1. The normalized spacial score (nSPS) is 14.6. The van der Waals surface area contributed by atoms with E-state index in [1.54, 1.807) is 0 Å². The number of nitrogens with zero attached hydrogens (tertiary/aromatic N) is 1. The van der Waals surface area contributed by atoms with E-state index in [-0.39, 0.29) is 6.04 Å². The summed E-state index contributed by atoms with van der Waals surface area (Å²) >= 11 is 3.32. The molecular formula is C14H19BrN2O2. The molecule has 104 valence electrons. The molecule has 0 saturated heterocycles. The molecule has 2 aromatic rings. The van der Waals surface area contributed by atoms with Crippen molar-refractivity contribution in [1.29, 1.82) is 0 Å². The number of rotatable bonds is 5. The van der Waals surface area contributed by atoms with Gasteiger partial charge < -0.3 is 14.3 Å². The minimum atomic E-state index is 0.175. The lowest BCUT2D eigenvalue weighted by Gasteiger charge is -2.16. The van der Waals surface area contributed by atoms with Crippen LogP contribution in [0, 0.1) is 13.8 Å². The Hall–Kier alpha value is -1.07. The predicted molar refractivity (Wildman–Crippen MR) is 77.2 cm³/mol. The van der Waals surface area contributed by atoms with Gasteiger partial charge in [-0.25, -0.2) is 0 Å². The number of hydrogen-bond donors (Lipinski definition) is 1. The first-order valence-corrected chi connectivity index (χ1v) is 7.19. The number of nitrogens with one attached hydrogen (secondary N) is 1. The van der Waals surface area contributed by atoms with E-state index >= 15 is 0 Å². The van der Waals surface area contributed by atoms with E-state index in [4.69, 9.17) is 8.94 Å². The lowest BCUT2D eigenvalue weighted by Crippen LogP contribution is -2.23. The van der Waals surface area contributed by atoms with Gasteiger partial charge in [-0.05, 0) is 54.8 Å². The van der Waals surface area contributed by atoms with Gasteiger partial charge in [-0.3, -0.25) is 0 Å². The molecule has 0 aliphatic rings. The Bertz CT molecular complexity index is 528. The zero-order valence-corrected chi connectivity index (χ0v) is 13.2. The highest BCUT2D eigenvalue weighted by molar-refractivity contribution is 9.10. The highest BCUT2D eigenvalue weighted by Crippen LogP contribution is 2.24. The fourth-order valence-electron chi connectivity index (χ4n) is 2.31. The van der Waals surface area contributed by atoms with Crippen LogP contribution in [0.3, 0.4) is 0 Å². The van der Waals surface area contributed by atoms with Gasteiger partial charge in [0.2, 0.25) is 0 Å². The van der Waals surface area contributed by atoms with Crippen molar-refractivity contribution in [2.75, 3.05) is 6.54 Å². The van der Waals surface area contributed by atoms with Gasteiger partial charge >= 0.3 is 0 Å². The highest BCUT2D eigenvalue weighted by Gasteiger charge is 2.18. The molecule has 0 bridgehead atoms. The Morgan fingerprint density at radius 3 is 2.58 bits per heavy atom. The van der Waals surface area contributed by atoms with Gasteiger partial charge in [0, 0.05) is 12.1 Å². The fourth-order valence-corrected chi connectivity index (χ4v) is 2.63. The van der Waals surface area contributed by atoms with Crippen molar-refractivity contribution in [3.63, 3.8) is 0 Å². The van der Waals surface area contributed by atoms with E-state index in [9.17, 15) is 0 Å². The minimum absolute atomic E-state index is 0.175. The molecule has 0 unspecified atom stereocenters. The average Bonchev–Trinajstić information content (AvgIpc) is 2.93. The number of halogens is 1. The van der Waals surface area contributed by atoms with Crippen LogP contribution in [0.5, 0.6) is 0 Å². The quantitative estimate of drug-likeness (QED) is 0.898. The van der Waals surface area contributed by atoms with Gasteiger partial charge in [0.05, 0.1) is 11.7 Å². The number of hydrogen-bond acceptors (Lipinski definition) is 4. The standard InChI is InChI=1S/C14H19BrN2O2/c1-8(14-10(3)17-19-11(14)4)7-16-9(2)12-5-6-13(15)18-12/h5-6,8-9,16H,7H2,1-4H3/t8-,9+/m1/s1. The Balaban J connectivity index is 1.95. The molecule has 0 saturated carbocycles. The molecule has 4 nitrogen and oxygen atoms in total. The monoisotopic (exact) mass is 326 g/mol. The van der Waals surface area contributed by atoms with E-state index < -0.39 is 0 Å². The molecule has 19 heavy (non-hydrogen) atoms. The van der Waals surface area contributed by atoms with Crippen LogP contribution in [0.2, 0.25) is 0 Å². The van der Waals surface area contributed by atoms with Crippen LogP contribution in [0.25, 0.3) is 0 Å². The molecule has 0 aromatic carbocycles. The first-order valence-electron chi connectivity index (χ1n) is 6.40. The maximum atomic E-state index is 5.54. The van der Waals surface area contributed by atoms with Crippen LogP contribution in [0.4, 0.5) is 0 Å². The predicted octanol–water partition coefficient (Wildman–Crippen LogP) is 4.10. The Kier molecular flexibility index (Phi) is 4.47. The lowest BCUT2D eigenvalue weighted by atomic mass is 9.99. The second kappa shape index (κ2) is 5.92. The van der Waals surface area contributed by atoms with Crippen LogP contribution in [-0.4, -0.2) is 11.7 Å². The molecule has 2 heterocycles. The average molecular weight is 327 g/mol. The summed E-state index contributed by atoms with van der Waals surface area (Å²) in [6.07, 6.45) is 0. The second-order valence-electron chi connectivity index (χ2n) is 4.91. The molecule has 0 fully saturated rings. The first kappa shape index (κ1) is 14.3. The summed E-state index contributed by atoms with van der Waals surface area (Å²) < 4.78 is 11.5. The number of aryl methyl sites for hydroxylation is 2. The molecule has 2 aromatic heterocycles. The summed E-state index contributed by atoms with van der Waals surface area (Å²) in [6, 6.07) is 4.06. The van der Waals surface area contributed by atoms with E-state index in [1.807, 2.05) is 26.0 Å². The summed E-state index contributed by atoms with van der Waals surface area (Å²) in [4.78, 5) is 0. The molecule has 0 spiro atoms. The molecule has 2 atom stereocenters. The van der Waals surface area contributed by atoms with Crippen LogP contribution in [-0.2, 0) is 0 Å². The molecule has 0 radical (unpaired) electrons. The summed E-state index contributed by atoms with van der Waals surface area (Å²) in [5, 5.41) is 7.47. The van der Waals surface area contributed by atoms with Gasteiger partial charge in [0.25, 0.3) is 0 Å². The van der Waals surface area contributed by atoms with Crippen LogP contribution >= 0.6 is 15.9 Å². The SMILES string of the molecule is Cc1noc(C)c1[C@H](C)CN[C@@H](C)c1ccc(Br)o1. The van der Waals surface area contributed by atoms with Gasteiger partial charge in [0.15, 0.2) is 4.67 Å². The van der Waals surface area contributed by atoms with E-state index in [0.717, 1.165) is 28.4 Å². The van der Waals surface area contributed by atoms with Gasteiger partial charge in [-0.1, -0.05) is 12.1 Å². The van der Waals surface area contributed by atoms with Crippen molar-refractivity contribution in [2.24, 2.45) is 0 Å². The maximum Gasteiger partial charge on any atom is 0.169 e. The fraction of sp³-hybridized carbons (Fsp3) is 0.500. The van der Waals surface area contributed by atoms with Crippen LogP contribution < -0.4 is 5.32 Å². The Morgan fingerprint density at radius 2 is 2.05 bits per heavy atom. The first-order chi connectivity index (χ1) is 8.99. The smallest absolute Gasteiger partial charge is 0.169 e. The second-order valence-corrected chi connectivity index (χ2v) is 5.69. The molecule has 1 N–H and O–H groups in total. The van der Waals surface area contributed by atoms with Crippen LogP contribution in [0.1, 0.15) is 48.6 Å². The molecule has 0 aliphatic heterocycles. The third-order valence-corrected chi connectivity index (χ3v) is 3.76. The Labute approximate surface area is 121 Å². The summed E-state index contributed by atoms with van der Waals surface area (Å²) in [7, 11) is 0. The van der Waals surface area contributed by atoms with Crippen molar-refractivity contribution in [3.8, 4) is 0 Å². The summed E-state index contributed by atoms with van der Waals surface area (Å²) in [5.74, 6) is 2.19. The van der Waals surface area contributed by atoms with E-state index in [1.165, 1.54) is 5.56 Å². The largest absolute Gasteiger partial charge is 0.453 e. The topological polar surface area (TPSA) is 51.2 Å². The molecular weight excluding hydrogens is 308 g/mol. The van der Waals surface area contributed by atoms with E-state index in [0.29, 0.717) is 5.92 Å². The van der Waals surface area contributed by atoms with Gasteiger partial charge in [0.1, 0.15) is 11.5 Å². The highest BCUT2D eigenvalue weighted by atomic mass is 79.9. The van der Waals surface area contributed by atoms with E-state index in [2.05, 4.69) is 40.3 Å². The summed E-state index contributed by atoms with van der Waals surface area (Å²) in [6.45, 7) is 9.05. The van der Waals surface area contributed by atoms with Crippen molar-refractivity contribution >= 4 is 15.9 Å². The molecule has 0 amide bonds. The Morgan fingerprint density at radius 1 is 1.32 bits per heavy atom. The molecule has 2 rings (SSSR count). The van der Waals surface area contributed by atoms with Crippen molar-refractivity contribution in [3.05, 3.63) is 39.6 Å². The third kappa shape index (κ3) is 3.28. The molecule has 5 heteroatoms. The van der Waals surface area contributed by atoms with Gasteiger partial charge in [-0.15, -0.1) is 0 Å². The summed E-state index contributed by atoms with van der Waals surface area (Å²) in [5.41, 5.74) is 2.17. The number of furan rings is 1. The maximum absolute atomic E-state index is 5.54. The zero-order valence-electron chi connectivity index (χ0n) is 11.7. The zero-order chi connectivity index (χ0) is 14.0. The van der Waals surface area contributed by atoms with Crippen molar-refractivity contribution < 1.29 is 8.94 Å². The van der Waals surface area contributed by atoms with Crippen molar-refractivity contribution in [2.45, 2.75) is 39.7 Å². The molecule has 0 aliphatic carbocycles.